The number of nitro groups is 1. The number of hydrogen-bond acceptors (Lipinski definition) is 4. The number of benzene rings is 1. The van der Waals surface area contributed by atoms with Gasteiger partial charge in [-0.25, -0.2) is 0 Å². The lowest BCUT2D eigenvalue weighted by molar-refractivity contribution is -0.384. The summed E-state index contributed by atoms with van der Waals surface area (Å²) >= 11 is 0. The number of esters is 1. The third kappa shape index (κ3) is 3.55. The van der Waals surface area contributed by atoms with Gasteiger partial charge in [-0.15, -0.1) is 0 Å². The van der Waals surface area contributed by atoms with E-state index in [-0.39, 0.29) is 17.6 Å². The van der Waals surface area contributed by atoms with Crippen molar-refractivity contribution in [1.29, 1.82) is 0 Å². The zero-order chi connectivity index (χ0) is 12.8. The van der Waals surface area contributed by atoms with E-state index in [1.165, 1.54) is 19.2 Å². The molecular formula is C12H15NO4. The minimum absolute atomic E-state index is 0.0437. The van der Waals surface area contributed by atoms with Gasteiger partial charge in [-0.1, -0.05) is 19.1 Å². The molecule has 0 aliphatic rings. The second kappa shape index (κ2) is 5.98. The number of ether oxygens (including phenoxy) is 1. The molecule has 0 aliphatic carbocycles. The van der Waals surface area contributed by atoms with E-state index in [0.29, 0.717) is 12.8 Å². The summed E-state index contributed by atoms with van der Waals surface area (Å²) in [6, 6.07) is 6.32. The first kappa shape index (κ1) is 13.2. The van der Waals surface area contributed by atoms with Gasteiger partial charge in [0.05, 0.1) is 18.0 Å². The summed E-state index contributed by atoms with van der Waals surface area (Å²) in [4.78, 5) is 21.6. The molecule has 17 heavy (non-hydrogen) atoms. The van der Waals surface area contributed by atoms with Gasteiger partial charge in [0.2, 0.25) is 0 Å². The summed E-state index contributed by atoms with van der Waals surface area (Å²) in [6.07, 6.45) is 1.11. The Morgan fingerprint density at radius 1 is 1.53 bits per heavy atom. The van der Waals surface area contributed by atoms with Crippen LogP contribution in [0.2, 0.25) is 0 Å². The van der Waals surface area contributed by atoms with Crippen molar-refractivity contribution in [2.24, 2.45) is 5.92 Å². The molecule has 0 saturated carbocycles. The van der Waals surface area contributed by atoms with Gasteiger partial charge in [0, 0.05) is 12.1 Å². The predicted octanol–water partition coefficient (Wildman–Crippen LogP) is 2.34. The van der Waals surface area contributed by atoms with Crippen LogP contribution in [0.4, 0.5) is 5.69 Å². The lowest BCUT2D eigenvalue weighted by Gasteiger charge is -2.11. The molecule has 1 unspecified atom stereocenters. The number of carbonyl (C=O) groups is 1. The molecule has 0 amide bonds. The minimum atomic E-state index is -0.442. The lowest BCUT2D eigenvalue weighted by Crippen LogP contribution is -2.17. The summed E-state index contributed by atoms with van der Waals surface area (Å²) < 4.78 is 4.68. The molecule has 0 radical (unpaired) electrons. The summed E-state index contributed by atoms with van der Waals surface area (Å²) in [5.74, 6) is -0.527. The van der Waals surface area contributed by atoms with Crippen molar-refractivity contribution >= 4 is 11.7 Å². The van der Waals surface area contributed by atoms with E-state index in [4.69, 9.17) is 0 Å². The van der Waals surface area contributed by atoms with Crippen LogP contribution in [0.5, 0.6) is 0 Å². The Morgan fingerprint density at radius 3 is 2.76 bits per heavy atom. The molecule has 0 saturated heterocycles. The monoisotopic (exact) mass is 237 g/mol. The Morgan fingerprint density at radius 2 is 2.24 bits per heavy atom. The number of rotatable bonds is 5. The maximum atomic E-state index is 11.4. The van der Waals surface area contributed by atoms with Gasteiger partial charge in [0.15, 0.2) is 0 Å². The highest BCUT2D eigenvalue weighted by Gasteiger charge is 2.18. The van der Waals surface area contributed by atoms with Gasteiger partial charge in [-0.05, 0) is 18.4 Å². The van der Waals surface area contributed by atoms with Gasteiger partial charge >= 0.3 is 5.97 Å². The van der Waals surface area contributed by atoms with E-state index < -0.39 is 4.92 Å². The second-order valence-electron chi connectivity index (χ2n) is 3.76. The highest BCUT2D eigenvalue weighted by molar-refractivity contribution is 5.72. The summed E-state index contributed by atoms with van der Waals surface area (Å²) in [7, 11) is 1.35. The molecule has 0 spiro atoms. The number of methoxy groups -OCH3 is 1. The minimum Gasteiger partial charge on any atom is -0.469 e. The van der Waals surface area contributed by atoms with Crippen molar-refractivity contribution < 1.29 is 14.5 Å². The van der Waals surface area contributed by atoms with Crippen LogP contribution in [0, 0.1) is 16.0 Å². The van der Waals surface area contributed by atoms with Crippen LogP contribution in [0.3, 0.4) is 0 Å². The van der Waals surface area contributed by atoms with Crippen LogP contribution >= 0.6 is 0 Å². The molecule has 0 aliphatic heterocycles. The Labute approximate surface area is 99.5 Å². The van der Waals surface area contributed by atoms with Crippen LogP contribution < -0.4 is 0 Å². The first-order valence-electron chi connectivity index (χ1n) is 5.39. The van der Waals surface area contributed by atoms with Crippen molar-refractivity contribution in [2.45, 2.75) is 19.8 Å². The third-order valence-electron chi connectivity index (χ3n) is 2.63. The topological polar surface area (TPSA) is 69.4 Å². The number of carbonyl (C=O) groups excluding carboxylic acids is 1. The fourth-order valence-corrected chi connectivity index (χ4v) is 1.64. The summed E-state index contributed by atoms with van der Waals surface area (Å²) in [6.45, 7) is 1.89. The zero-order valence-corrected chi connectivity index (χ0v) is 9.88. The Bertz CT molecular complexity index is 417. The van der Waals surface area contributed by atoms with Crippen LogP contribution in [0.25, 0.3) is 0 Å². The molecule has 0 N–H and O–H groups in total. The molecule has 0 aromatic heterocycles. The number of non-ortho nitro benzene ring substituents is 1. The Kier molecular flexibility index (Phi) is 4.63. The molecule has 0 heterocycles. The number of hydrogen-bond donors (Lipinski definition) is 0. The van der Waals surface area contributed by atoms with Gasteiger partial charge in [0.25, 0.3) is 5.69 Å². The maximum Gasteiger partial charge on any atom is 0.308 e. The fraction of sp³-hybridized carbons (Fsp3) is 0.417. The average molecular weight is 237 g/mol. The van der Waals surface area contributed by atoms with Crippen molar-refractivity contribution in [3.8, 4) is 0 Å². The Hall–Kier alpha value is -1.91. The van der Waals surface area contributed by atoms with Crippen molar-refractivity contribution in [3.05, 3.63) is 39.9 Å². The summed E-state index contributed by atoms with van der Waals surface area (Å²) in [5, 5.41) is 10.6. The quantitative estimate of drug-likeness (QED) is 0.447. The van der Waals surface area contributed by atoms with Gasteiger partial charge in [-0.2, -0.15) is 0 Å². The van der Waals surface area contributed by atoms with Gasteiger partial charge < -0.3 is 4.74 Å². The van der Waals surface area contributed by atoms with E-state index in [1.807, 2.05) is 6.92 Å². The van der Waals surface area contributed by atoms with Crippen LogP contribution in [-0.2, 0) is 16.0 Å². The van der Waals surface area contributed by atoms with E-state index in [0.717, 1.165) is 5.56 Å². The maximum absolute atomic E-state index is 11.4. The highest BCUT2D eigenvalue weighted by atomic mass is 16.6. The Balaban J connectivity index is 2.83. The molecule has 1 aromatic carbocycles. The standard InChI is InChI=1S/C12H15NO4/c1-3-10(12(14)17-2)7-9-5-4-6-11(8-9)13(15)16/h4-6,8,10H,3,7H2,1-2H3. The number of nitro benzene ring substituents is 1. The van der Waals surface area contributed by atoms with Crippen molar-refractivity contribution in [2.75, 3.05) is 7.11 Å². The number of nitrogens with zero attached hydrogens (tertiary/aromatic N) is 1. The van der Waals surface area contributed by atoms with Crippen LogP contribution in [0.1, 0.15) is 18.9 Å². The largest absolute Gasteiger partial charge is 0.469 e. The molecule has 0 fully saturated rings. The highest BCUT2D eigenvalue weighted by Crippen LogP contribution is 2.18. The fourth-order valence-electron chi connectivity index (χ4n) is 1.64. The molecule has 0 bridgehead atoms. The van der Waals surface area contributed by atoms with E-state index in [1.54, 1.807) is 12.1 Å². The van der Waals surface area contributed by atoms with Crippen LogP contribution in [0.15, 0.2) is 24.3 Å². The SMILES string of the molecule is CCC(Cc1cccc([N+](=O)[O-])c1)C(=O)OC. The predicted molar refractivity (Wildman–Crippen MR) is 62.6 cm³/mol. The van der Waals surface area contributed by atoms with Crippen LogP contribution in [-0.4, -0.2) is 18.0 Å². The molecule has 5 nitrogen and oxygen atoms in total. The molecule has 1 rings (SSSR count). The van der Waals surface area contributed by atoms with Gasteiger partial charge in [-0.3, -0.25) is 14.9 Å². The summed E-state index contributed by atoms with van der Waals surface area (Å²) in [5.41, 5.74) is 0.818. The molecule has 1 atom stereocenters. The molecule has 5 heteroatoms. The molecule has 92 valence electrons. The lowest BCUT2D eigenvalue weighted by atomic mass is 9.97. The van der Waals surface area contributed by atoms with Crippen molar-refractivity contribution in [1.82, 2.24) is 0 Å². The zero-order valence-electron chi connectivity index (χ0n) is 9.88. The van der Waals surface area contributed by atoms with E-state index in [2.05, 4.69) is 4.74 Å². The first-order valence-corrected chi connectivity index (χ1v) is 5.39. The second-order valence-corrected chi connectivity index (χ2v) is 3.76. The normalized spacial score (nSPS) is 11.9. The first-order chi connectivity index (χ1) is 8.08. The van der Waals surface area contributed by atoms with Gasteiger partial charge in [0.1, 0.15) is 0 Å². The average Bonchev–Trinajstić information content (AvgIpc) is 2.35. The third-order valence-corrected chi connectivity index (χ3v) is 2.63. The van der Waals surface area contributed by atoms with Crippen molar-refractivity contribution in [3.63, 3.8) is 0 Å². The molecular weight excluding hydrogens is 222 g/mol. The smallest absolute Gasteiger partial charge is 0.308 e. The van der Waals surface area contributed by atoms with E-state index >= 15 is 0 Å². The van der Waals surface area contributed by atoms with E-state index in [9.17, 15) is 14.9 Å². The molecule has 1 aromatic rings.